The Bertz CT molecular complexity index is 490. The first-order valence-electron chi connectivity index (χ1n) is 6.25. The lowest BCUT2D eigenvalue weighted by atomic mass is 10.2. The van der Waals surface area contributed by atoms with Crippen LogP contribution in [0.25, 0.3) is 0 Å². The summed E-state index contributed by atoms with van der Waals surface area (Å²) in [5.41, 5.74) is 1.23. The summed E-state index contributed by atoms with van der Waals surface area (Å²) in [4.78, 5) is 0. The third-order valence-electron chi connectivity index (χ3n) is 2.95. The molecule has 0 bridgehead atoms. The molecule has 2 heterocycles. The molecule has 0 saturated carbocycles. The molecule has 4 heteroatoms. The van der Waals surface area contributed by atoms with Gasteiger partial charge in [0.2, 0.25) is 0 Å². The van der Waals surface area contributed by atoms with E-state index in [-0.39, 0.29) is 6.29 Å². The van der Waals surface area contributed by atoms with Crippen molar-refractivity contribution in [2.24, 2.45) is 0 Å². The number of hydrogen-bond donors (Lipinski definition) is 0. The van der Waals surface area contributed by atoms with Crippen molar-refractivity contribution in [3.05, 3.63) is 48.3 Å². The minimum Gasteiger partial charge on any atom is -0.462 e. The Morgan fingerprint density at radius 3 is 3.00 bits per heavy atom. The van der Waals surface area contributed by atoms with Gasteiger partial charge in [-0.05, 0) is 12.0 Å². The number of hydrogen-bond acceptors (Lipinski definition) is 3. The normalized spacial score (nSPS) is 19.0. The summed E-state index contributed by atoms with van der Waals surface area (Å²) in [7, 11) is 0. The SMILES string of the molecule is c1ccc(Cn2cc(OC3CCCO3)cn2)cc1. The second-order valence-corrected chi connectivity index (χ2v) is 4.42. The molecule has 1 saturated heterocycles. The first-order valence-corrected chi connectivity index (χ1v) is 6.25. The number of rotatable bonds is 4. The first-order chi connectivity index (χ1) is 8.90. The van der Waals surface area contributed by atoms with Gasteiger partial charge in [-0.1, -0.05) is 30.3 Å². The highest BCUT2D eigenvalue weighted by Gasteiger charge is 2.17. The van der Waals surface area contributed by atoms with Crippen molar-refractivity contribution < 1.29 is 9.47 Å². The van der Waals surface area contributed by atoms with E-state index >= 15 is 0 Å². The zero-order valence-corrected chi connectivity index (χ0v) is 10.2. The number of aromatic nitrogens is 2. The van der Waals surface area contributed by atoms with E-state index in [1.165, 1.54) is 5.56 Å². The molecule has 0 aliphatic carbocycles. The molecule has 1 unspecified atom stereocenters. The fraction of sp³-hybridized carbons (Fsp3) is 0.357. The minimum atomic E-state index is -0.0978. The summed E-state index contributed by atoms with van der Waals surface area (Å²) in [6.45, 7) is 1.55. The first kappa shape index (κ1) is 11.3. The lowest BCUT2D eigenvalue weighted by Crippen LogP contribution is -2.13. The van der Waals surface area contributed by atoms with Crippen LogP contribution in [0, 0.1) is 0 Å². The average Bonchev–Trinajstić information content (AvgIpc) is 3.03. The highest BCUT2D eigenvalue weighted by atomic mass is 16.7. The van der Waals surface area contributed by atoms with E-state index in [2.05, 4.69) is 17.2 Å². The molecule has 94 valence electrons. The molecule has 0 amide bonds. The molecule has 18 heavy (non-hydrogen) atoms. The third-order valence-corrected chi connectivity index (χ3v) is 2.95. The van der Waals surface area contributed by atoms with Crippen molar-refractivity contribution in [2.75, 3.05) is 6.61 Å². The standard InChI is InChI=1S/C14H16N2O2/c1-2-5-12(6-3-1)10-16-11-13(9-15-16)18-14-7-4-8-17-14/h1-3,5-6,9,11,14H,4,7-8,10H2. The summed E-state index contributed by atoms with van der Waals surface area (Å²) in [5.74, 6) is 0.776. The van der Waals surface area contributed by atoms with Crippen LogP contribution >= 0.6 is 0 Å². The van der Waals surface area contributed by atoms with Gasteiger partial charge in [-0.25, -0.2) is 0 Å². The van der Waals surface area contributed by atoms with Gasteiger partial charge < -0.3 is 9.47 Å². The molecule has 3 rings (SSSR count). The van der Waals surface area contributed by atoms with Crippen molar-refractivity contribution in [3.63, 3.8) is 0 Å². The highest BCUT2D eigenvalue weighted by molar-refractivity contribution is 5.17. The van der Waals surface area contributed by atoms with Crippen LogP contribution in [0.2, 0.25) is 0 Å². The van der Waals surface area contributed by atoms with E-state index in [0.717, 1.165) is 31.7 Å². The summed E-state index contributed by atoms with van der Waals surface area (Å²) in [6, 6.07) is 10.2. The Hall–Kier alpha value is -1.81. The molecule has 1 fully saturated rings. The summed E-state index contributed by atoms with van der Waals surface area (Å²) >= 11 is 0. The second kappa shape index (κ2) is 5.23. The Labute approximate surface area is 106 Å². The molecule has 1 atom stereocenters. The number of ether oxygens (including phenoxy) is 2. The van der Waals surface area contributed by atoms with Crippen LogP contribution in [-0.2, 0) is 11.3 Å². The van der Waals surface area contributed by atoms with Crippen LogP contribution in [0.1, 0.15) is 18.4 Å². The van der Waals surface area contributed by atoms with Gasteiger partial charge in [0, 0.05) is 6.42 Å². The molecule has 2 aromatic rings. The van der Waals surface area contributed by atoms with Gasteiger partial charge in [-0.3, -0.25) is 4.68 Å². The molecule has 1 aliphatic heterocycles. The molecule has 1 aromatic heterocycles. The Kier molecular flexibility index (Phi) is 3.28. The van der Waals surface area contributed by atoms with Crippen molar-refractivity contribution >= 4 is 0 Å². The van der Waals surface area contributed by atoms with Gasteiger partial charge in [0.25, 0.3) is 0 Å². The van der Waals surface area contributed by atoms with Crippen molar-refractivity contribution in [1.29, 1.82) is 0 Å². The summed E-state index contributed by atoms with van der Waals surface area (Å²) in [6.07, 6.45) is 5.59. The predicted octanol–water partition coefficient (Wildman–Crippen LogP) is 2.45. The van der Waals surface area contributed by atoms with Crippen molar-refractivity contribution in [3.8, 4) is 5.75 Å². The van der Waals surface area contributed by atoms with E-state index in [1.807, 2.05) is 29.1 Å². The van der Waals surface area contributed by atoms with Gasteiger partial charge in [0.15, 0.2) is 12.0 Å². The monoisotopic (exact) mass is 244 g/mol. The van der Waals surface area contributed by atoms with E-state index in [9.17, 15) is 0 Å². The average molecular weight is 244 g/mol. The maximum Gasteiger partial charge on any atom is 0.200 e. The van der Waals surface area contributed by atoms with Crippen LogP contribution in [-0.4, -0.2) is 22.7 Å². The Morgan fingerprint density at radius 1 is 1.33 bits per heavy atom. The fourth-order valence-corrected chi connectivity index (χ4v) is 2.06. The quantitative estimate of drug-likeness (QED) is 0.828. The Morgan fingerprint density at radius 2 is 2.22 bits per heavy atom. The predicted molar refractivity (Wildman–Crippen MR) is 67.4 cm³/mol. The van der Waals surface area contributed by atoms with Gasteiger partial charge in [0.05, 0.1) is 25.5 Å². The lowest BCUT2D eigenvalue weighted by molar-refractivity contribution is -0.0390. The largest absolute Gasteiger partial charge is 0.462 e. The molecule has 4 nitrogen and oxygen atoms in total. The number of benzene rings is 1. The Balaban J connectivity index is 1.62. The van der Waals surface area contributed by atoms with E-state index < -0.39 is 0 Å². The van der Waals surface area contributed by atoms with E-state index in [4.69, 9.17) is 9.47 Å². The van der Waals surface area contributed by atoms with Crippen LogP contribution in [0.4, 0.5) is 0 Å². The smallest absolute Gasteiger partial charge is 0.200 e. The van der Waals surface area contributed by atoms with E-state index in [1.54, 1.807) is 6.20 Å². The van der Waals surface area contributed by atoms with Gasteiger partial charge in [0.1, 0.15) is 0 Å². The van der Waals surface area contributed by atoms with Gasteiger partial charge in [-0.2, -0.15) is 5.10 Å². The molecule has 0 radical (unpaired) electrons. The molecule has 1 aromatic carbocycles. The summed E-state index contributed by atoms with van der Waals surface area (Å²) < 4.78 is 13.0. The van der Waals surface area contributed by atoms with Crippen LogP contribution in [0.5, 0.6) is 5.75 Å². The molecule has 0 N–H and O–H groups in total. The summed E-state index contributed by atoms with van der Waals surface area (Å²) in [5, 5.41) is 4.29. The minimum absolute atomic E-state index is 0.0978. The van der Waals surface area contributed by atoms with Crippen molar-refractivity contribution in [1.82, 2.24) is 9.78 Å². The zero-order chi connectivity index (χ0) is 12.2. The molecular formula is C14H16N2O2. The van der Waals surface area contributed by atoms with Crippen LogP contribution in [0.3, 0.4) is 0 Å². The third kappa shape index (κ3) is 2.71. The lowest BCUT2D eigenvalue weighted by Gasteiger charge is -2.09. The highest BCUT2D eigenvalue weighted by Crippen LogP contribution is 2.18. The zero-order valence-electron chi connectivity index (χ0n) is 10.2. The van der Waals surface area contributed by atoms with Crippen LogP contribution < -0.4 is 4.74 Å². The molecular weight excluding hydrogens is 228 g/mol. The molecule has 0 spiro atoms. The number of nitrogens with zero attached hydrogens (tertiary/aromatic N) is 2. The maximum absolute atomic E-state index is 5.69. The van der Waals surface area contributed by atoms with E-state index in [0.29, 0.717) is 0 Å². The van der Waals surface area contributed by atoms with Gasteiger partial charge in [-0.15, -0.1) is 0 Å². The van der Waals surface area contributed by atoms with Crippen LogP contribution in [0.15, 0.2) is 42.7 Å². The second-order valence-electron chi connectivity index (χ2n) is 4.42. The topological polar surface area (TPSA) is 36.3 Å². The maximum atomic E-state index is 5.69. The fourth-order valence-electron chi connectivity index (χ4n) is 2.06. The molecule has 1 aliphatic rings. The van der Waals surface area contributed by atoms with Crippen molar-refractivity contribution in [2.45, 2.75) is 25.7 Å². The van der Waals surface area contributed by atoms with Gasteiger partial charge >= 0.3 is 0 Å².